The standard InChI is InChI=1S/C21H27N5O2S/c1-26(2)13-16-9-10-17(12-23-16)29(22,28)25-21(27)24-20-18-7-3-5-14(18)11-15-6-4-8-19(15)20/h9-12H,3-8,13H2,1-2H3,(H3,22,24,25,27,28). The number of aryl methyl sites for hydroxylation is 2. The van der Waals surface area contributed by atoms with Gasteiger partial charge in [-0.05, 0) is 87.0 Å². The van der Waals surface area contributed by atoms with Crippen LogP contribution in [0.15, 0.2) is 33.7 Å². The zero-order valence-electron chi connectivity index (χ0n) is 16.9. The average molecular weight is 414 g/mol. The molecule has 0 spiro atoms. The van der Waals surface area contributed by atoms with Gasteiger partial charge < -0.3 is 10.2 Å². The van der Waals surface area contributed by atoms with Crippen molar-refractivity contribution in [2.24, 2.45) is 9.50 Å². The van der Waals surface area contributed by atoms with Gasteiger partial charge >= 0.3 is 6.03 Å². The molecule has 154 valence electrons. The first-order chi connectivity index (χ1) is 13.8. The molecule has 1 aromatic heterocycles. The van der Waals surface area contributed by atoms with Gasteiger partial charge in [0, 0.05) is 18.4 Å². The molecule has 2 amide bonds. The SMILES string of the molecule is CN(C)Cc1ccc(S(N)(=O)=NC(=O)Nc2c3c(cc4c2CCC4)CCC3)cn1. The van der Waals surface area contributed by atoms with E-state index in [1.54, 1.807) is 12.1 Å². The van der Waals surface area contributed by atoms with Gasteiger partial charge in [-0.15, -0.1) is 4.36 Å². The number of carbonyl (C=O) groups is 1. The highest BCUT2D eigenvalue weighted by atomic mass is 32.2. The number of nitrogens with one attached hydrogen (secondary N) is 1. The first-order valence-electron chi connectivity index (χ1n) is 9.95. The van der Waals surface area contributed by atoms with Crippen LogP contribution >= 0.6 is 0 Å². The molecule has 1 atom stereocenters. The summed E-state index contributed by atoms with van der Waals surface area (Å²) in [7, 11) is 0.520. The zero-order chi connectivity index (χ0) is 20.6. The van der Waals surface area contributed by atoms with Crippen molar-refractivity contribution >= 4 is 21.6 Å². The fourth-order valence-corrected chi connectivity index (χ4v) is 5.14. The molecule has 0 aliphatic heterocycles. The number of nitrogens with two attached hydrogens (primary N) is 1. The van der Waals surface area contributed by atoms with E-state index < -0.39 is 15.9 Å². The van der Waals surface area contributed by atoms with Gasteiger partial charge in [-0.1, -0.05) is 6.07 Å². The number of pyridine rings is 1. The highest BCUT2D eigenvalue weighted by molar-refractivity contribution is 7.91. The van der Waals surface area contributed by atoms with Gasteiger partial charge in [0.15, 0.2) is 0 Å². The van der Waals surface area contributed by atoms with Crippen LogP contribution < -0.4 is 10.5 Å². The highest BCUT2D eigenvalue weighted by Gasteiger charge is 2.25. The van der Waals surface area contributed by atoms with Crippen LogP contribution in [0.4, 0.5) is 10.5 Å². The Morgan fingerprint density at radius 1 is 1.17 bits per heavy atom. The molecule has 3 N–H and O–H groups in total. The average Bonchev–Trinajstić information content (AvgIpc) is 3.30. The third-order valence-corrected chi connectivity index (χ3v) is 6.89. The molecule has 7 nitrogen and oxygen atoms in total. The van der Waals surface area contributed by atoms with Crippen molar-refractivity contribution in [2.75, 3.05) is 19.4 Å². The summed E-state index contributed by atoms with van der Waals surface area (Å²) in [6, 6.07) is 5.02. The smallest absolute Gasteiger partial charge is 0.305 e. The number of urea groups is 1. The lowest BCUT2D eigenvalue weighted by atomic mass is 9.99. The fraction of sp³-hybridized carbons (Fsp3) is 0.429. The van der Waals surface area contributed by atoms with Gasteiger partial charge in [0.25, 0.3) is 0 Å². The molecule has 0 saturated carbocycles. The Kier molecular flexibility index (Phi) is 5.42. The van der Waals surface area contributed by atoms with Crippen LogP contribution in [0, 0.1) is 0 Å². The Morgan fingerprint density at radius 2 is 1.83 bits per heavy atom. The van der Waals surface area contributed by atoms with Crippen molar-refractivity contribution in [1.82, 2.24) is 9.88 Å². The second kappa shape index (κ2) is 7.85. The summed E-state index contributed by atoms with van der Waals surface area (Å²) in [5.41, 5.74) is 6.73. The summed E-state index contributed by atoms with van der Waals surface area (Å²) in [5.74, 6) is 0. The summed E-state index contributed by atoms with van der Waals surface area (Å²) < 4.78 is 16.7. The van der Waals surface area contributed by atoms with Crippen LogP contribution in [0.2, 0.25) is 0 Å². The second-order valence-electron chi connectivity index (χ2n) is 8.05. The molecule has 1 heterocycles. The van der Waals surface area contributed by atoms with E-state index in [2.05, 4.69) is 20.7 Å². The molecular formula is C21H27N5O2S. The third-order valence-electron chi connectivity index (χ3n) is 5.54. The van der Waals surface area contributed by atoms with Crippen molar-refractivity contribution in [3.8, 4) is 0 Å². The molecular weight excluding hydrogens is 386 g/mol. The number of hydrogen-bond donors (Lipinski definition) is 2. The number of benzene rings is 1. The normalized spacial score (nSPS) is 17.0. The van der Waals surface area contributed by atoms with Crippen molar-refractivity contribution in [3.05, 3.63) is 52.3 Å². The predicted molar refractivity (Wildman–Crippen MR) is 114 cm³/mol. The summed E-state index contributed by atoms with van der Waals surface area (Å²) in [6.07, 6.45) is 7.62. The van der Waals surface area contributed by atoms with Crippen molar-refractivity contribution in [3.63, 3.8) is 0 Å². The lowest BCUT2D eigenvalue weighted by molar-refractivity contribution is 0.260. The van der Waals surface area contributed by atoms with Crippen molar-refractivity contribution in [2.45, 2.75) is 50.0 Å². The summed E-state index contributed by atoms with van der Waals surface area (Å²) >= 11 is 0. The quantitative estimate of drug-likeness (QED) is 0.804. The Hall–Kier alpha value is -2.29. The monoisotopic (exact) mass is 413 g/mol. The van der Waals surface area contributed by atoms with Crippen LogP contribution in [0.3, 0.4) is 0 Å². The Bertz CT molecular complexity index is 1040. The van der Waals surface area contributed by atoms with E-state index in [0.717, 1.165) is 49.9 Å². The first-order valence-corrected chi connectivity index (χ1v) is 11.5. The lowest BCUT2D eigenvalue weighted by Crippen LogP contribution is -2.19. The minimum absolute atomic E-state index is 0.249. The van der Waals surface area contributed by atoms with E-state index in [1.807, 2.05) is 19.0 Å². The lowest BCUT2D eigenvalue weighted by Gasteiger charge is -2.15. The summed E-state index contributed by atoms with van der Waals surface area (Å²) in [6.45, 7) is 0.661. The number of hydrogen-bond acceptors (Lipinski definition) is 4. The minimum Gasteiger partial charge on any atom is -0.305 e. The van der Waals surface area contributed by atoms with Crippen LogP contribution in [0.5, 0.6) is 0 Å². The minimum atomic E-state index is -3.37. The van der Waals surface area contributed by atoms with E-state index >= 15 is 0 Å². The topological polar surface area (TPSA) is 101 Å². The number of fused-ring (bicyclic) bond motifs is 2. The maximum atomic E-state index is 12.9. The number of amides is 2. The van der Waals surface area contributed by atoms with Gasteiger partial charge in [0.1, 0.15) is 9.92 Å². The van der Waals surface area contributed by atoms with Crippen LogP contribution in [-0.2, 0) is 42.1 Å². The summed E-state index contributed by atoms with van der Waals surface area (Å²) in [5, 5.41) is 8.83. The number of aromatic nitrogens is 1. The molecule has 4 rings (SSSR count). The fourth-order valence-electron chi connectivity index (χ4n) is 4.27. The molecule has 0 fully saturated rings. The van der Waals surface area contributed by atoms with Gasteiger partial charge in [0.05, 0.1) is 10.6 Å². The van der Waals surface area contributed by atoms with E-state index in [-0.39, 0.29) is 4.90 Å². The van der Waals surface area contributed by atoms with Crippen LogP contribution in [0.1, 0.15) is 40.8 Å². The van der Waals surface area contributed by atoms with Crippen molar-refractivity contribution in [1.29, 1.82) is 0 Å². The molecule has 1 aromatic carbocycles. The maximum absolute atomic E-state index is 12.9. The molecule has 0 radical (unpaired) electrons. The molecule has 8 heteroatoms. The van der Waals surface area contributed by atoms with E-state index in [9.17, 15) is 9.00 Å². The molecule has 2 aliphatic rings. The number of nitrogens with zero attached hydrogens (tertiary/aromatic N) is 3. The number of carbonyl (C=O) groups excluding carboxylic acids is 1. The van der Waals surface area contributed by atoms with Gasteiger partial charge in [-0.2, -0.15) is 0 Å². The largest absolute Gasteiger partial charge is 0.354 e. The zero-order valence-corrected chi connectivity index (χ0v) is 17.7. The molecule has 29 heavy (non-hydrogen) atoms. The molecule has 2 aromatic rings. The molecule has 1 unspecified atom stereocenters. The van der Waals surface area contributed by atoms with Crippen molar-refractivity contribution < 1.29 is 9.00 Å². The van der Waals surface area contributed by atoms with Gasteiger partial charge in [-0.25, -0.2) is 14.1 Å². The molecule has 0 saturated heterocycles. The van der Waals surface area contributed by atoms with Crippen LogP contribution in [-0.4, -0.2) is 34.2 Å². The van der Waals surface area contributed by atoms with E-state index in [0.29, 0.717) is 6.54 Å². The van der Waals surface area contributed by atoms with E-state index in [4.69, 9.17) is 5.14 Å². The maximum Gasteiger partial charge on any atom is 0.354 e. The second-order valence-corrected chi connectivity index (χ2v) is 9.84. The van der Waals surface area contributed by atoms with Gasteiger partial charge in [0.2, 0.25) is 0 Å². The van der Waals surface area contributed by atoms with E-state index in [1.165, 1.54) is 28.5 Å². The highest BCUT2D eigenvalue weighted by Crippen LogP contribution is 2.38. The van der Waals surface area contributed by atoms with Crippen LogP contribution in [0.25, 0.3) is 0 Å². The molecule has 0 bridgehead atoms. The Morgan fingerprint density at radius 3 is 2.38 bits per heavy atom. The third kappa shape index (κ3) is 4.19. The number of rotatable bonds is 4. The van der Waals surface area contributed by atoms with Gasteiger partial charge in [-0.3, -0.25) is 4.98 Å². The number of anilines is 1. The Labute approximate surface area is 172 Å². The first kappa shape index (κ1) is 20.0. The summed E-state index contributed by atoms with van der Waals surface area (Å²) in [4.78, 5) is 19.2. The molecule has 2 aliphatic carbocycles. The predicted octanol–water partition coefficient (Wildman–Crippen LogP) is 3.05. The Balaban J connectivity index is 1.59.